The van der Waals surface area contributed by atoms with E-state index in [1.54, 1.807) is 12.0 Å². The number of benzene rings is 1. The largest absolute Gasteiger partial charge is 0.497 e. The average molecular weight is 250 g/mol. The molecule has 17 heavy (non-hydrogen) atoms. The molecule has 5 heteroatoms. The predicted octanol–water partition coefficient (Wildman–Crippen LogP) is 1.48. The molecule has 1 fully saturated rings. The first-order valence-corrected chi connectivity index (χ1v) is 6.05. The Morgan fingerprint density at radius 1 is 1.41 bits per heavy atom. The number of rotatable bonds is 2. The molecule has 1 saturated heterocycles. The first-order chi connectivity index (χ1) is 8.11. The van der Waals surface area contributed by atoms with Gasteiger partial charge in [-0.1, -0.05) is 12.1 Å². The summed E-state index contributed by atoms with van der Waals surface area (Å²) >= 11 is 1.14. The molecule has 1 aromatic carbocycles. The van der Waals surface area contributed by atoms with Gasteiger partial charge in [-0.15, -0.1) is 0 Å². The standard InChI is InChI=1S/C12H14N2O2S/c1-14-10(11(15)17-12(14)13)7-8-3-5-9(16-2)6-4-8/h3-7,12H,13H2,1-2H3/b10-7+. The molecule has 0 amide bonds. The van der Waals surface area contributed by atoms with Gasteiger partial charge in [-0.3, -0.25) is 4.79 Å². The summed E-state index contributed by atoms with van der Waals surface area (Å²) in [5.74, 6) is 0.796. The minimum Gasteiger partial charge on any atom is -0.497 e. The van der Waals surface area contributed by atoms with Crippen LogP contribution in [0.4, 0.5) is 0 Å². The van der Waals surface area contributed by atoms with Crippen molar-refractivity contribution in [2.75, 3.05) is 14.2 Å². The van der Waals surface area contributed by atoms with Crippen molar-refractivity contribution < 1.29 is 9.53 Å². The van der Waals surface area contributed by atoms with E-state index in [1.807, 2.05) is 37.4 Å². The fraction of sp³-hybridized carbons (Fsp3) is 0.250. The number of ether oxygens (including phenoxy) is 1. The maximum Gasteiger partial charge on any atom is 0.238 e. The first-order valence-electron chi connectivity index (χ1n) is 5.17. The smallest absolute Gasteiger partial charge is 0.238 e. The number of hydrogen-bond acceptors (Lipinski definition) is 5. The molecule has 0 saturated carbocycles. The van der Waals surface area contributed by atoms with Crippen LogP contribution in [0.15, 0.2) is 30.0 Å². The number of likely N-dealkylation sites (N-methyl/N-ethyl adjacent to an activating group) is 1. The van der Waals surface area contributed by atoms with Crippen LogP contribution in [0.2, 0.25) is 0 Å². The summed E-state index contributed by atoms with van der Waals surface area (Å²) in [6, 6.07) is 7.53. The zero-order valence-corrected chi connectivity index (χ0v) is 10.5. The van der Waals surface area contributed by atoms with E-state index in [0.29, 0.717) is 5.70 Å². The summed E-state index contributed by atoms with van der Waals surface area (Å²) in [5.41, 5.74) is 7.07. The number of carbonyl (C=O) groups excluding carboxylic acids is 1. The van der Waals surface area contributed by atoms with Crippen LogP contribution in [0, 0.1) is 0 Å². The van der Waals surface area contributed by atoms with Gasteiger partial charge in [0.25, 0.3) is 0 Å². The molecular formula is C12H14N2O2S. The summed E-state index contributed by atoms with van der Waals surface area (Å²) in [4.78, 5) is 13.4. The van der Waals surface area contributed by atoms with Gasteiger partial charge in [-0.25, -0.2) is 0 Å². The average Bonchev–Trinajstić information content (AvgIpc) is 2.57. The van der Waals surface area contributed by atoms with E-state index >= 15 is 0 Å². The Kier molecular flexibility index (Phi) is 3.40. The molecule has 0 bridgehead atoms. The van der Waals surface area contributed by atoms with Crippen molar-refractivity contribution in [1.29, 1.82) is 0 Å². The summed E-state index contributed by atoms with van der Waals surface area (Å²) < 4.78 is 5.08. The molecule has 0 spiro atoms. The van der Waals surface area contributed by atoms with Gasteiger partial charge in [0, 0.05) is 7.05 Å². The highest BCUT2D eigenvalue weighted by Gasteiger charge is 2.30. The van der Waals surface area contributed by atoms with Gasteiger partial charge < -0.3 is 15.4 Å². The molecule has 1 aliphatic heterocycles. The normalized spacial score (nSPS) is 22.3. The Bertz CT molecular complexity index is 456. The number of nitrogens with zero attached hydrogens (tertiary/aromatic N) is 1. The van der Waals surface area contributed by atoms with Crippen LogP contribution >= 0.6 is 11.8 Å². The molecule has 0 aliphatic carbocycles. The molecular weight excluding hydrogens is 236 g/mol. The van der Waals surface area contributed by atoms with Crippen molar-refractivity contribution in [1.82, 2.24) is 4.90 Å². The van der Waals surface area contributed by atoms with E-state index in [0.717, 1.165) is 23.1 Å². The third-order valence-electron chi connectivity index (χ3n) is 2.62. The second-order valence-corrected chi connectivity index (χ2v) is 4.80. The monoisotopic (exact) mass is 250 g/mol. The van der Waals surface area contributed by atoms with Crippen molar-refractivity contribution in [3.05, 3.63) is 35.5 Å². The van der Waals surface area contributed by atoms with Crippen LogP contribution < -0.4 is 10.5 Å². The van der Waals surface area contributed by atoms with E-state index in [2.05, 4.69) is 0 Å². The molecule has 1 aliphatic rings. The van der Waals surface area contributed by atoms with Gasteiger partial charge in [0.05, 0.1) is 12.8 Å². The van der Waals surface area contributed by atoms with E-state index < -0.39 is 0 Å². The highest BCUT2D eigenvalue weighted by atomic mass is 32.2. The lowest BCUT2D eigenvalue weighted by atomic mass is 10.2. The van der Waals surface area contributed by atoms with Gasteiger partial charge in [0.2, 0.25) is 5.12 Å². The van der Waals surface area contributed by atoms with Crippen LogP contribution in [0.25, 0.3) is 6.08 Å². The van der Waals surface area contributed by atoms with Crippen LogP contribution in [-0.2, 0) is 4.79 Å². The Labute approximate surface area is 104 Å². The van der Waals surface area contributed by atoms with Gasteiger partial charge >= 0.3 is 0 Å². The Morgan fingerprint density at radius 2 is 2.06 bits per heavy atom. The minimum atomic E-state index is -0.285. The van der Waals surface area contributed by atoms with E-state index in [-0.39, 0.29) is 10.6 Å². The van der Waals surface area contributed by atoms with Crippen LogP contribution in [-0.4, -0.2) is 29.7 Å². The van der Waals surface area contributed by atoms with Crippen LogP contribution in [0.1, 0.15) is 5.56 Å². The summed E-state index contributed by atoms with van der Waals surface area (Å²) in [5, 5.41) is 0.0100. The molecule has 1 aromatic rings. The van der Waals surface area contributed by atoms with Crippen LogP contribution in [0.3, 0.4) is 0 Å². The highest BCUT2D eigenvalue weighted by molar-refractivity contribution is 8.15. The third-order valence-corrected chi connectivity index (χ3v) is 3.60. The lowest BCUT2D eigenvalue weighted by molar-refractivity contribution is -0.108. The maximum atomic E-state index is 11.7. The molecule has 2 N–H and O–H groups in total. The van der Waals surface area contributed by atoms with Crippen molar-refractivity contribution in [2.24, 2.45) is 5.73 Å². The molecule has 4 nitrogen and oxygen atoms in total. The predicted molar refractivity (Wildman–Crippen MR) is 69.3 cm³/mol. The second-order valence-electron chi connectivity index (χ2n) is 3.71. The van der Waals surface area contributed by atoms with E-state index in [1.165, 1.54) is 0 Å². The fourth-order valence-electron chi connectivity index (χ4n) is 1.55. The lowest BCUT2D eigenvalue weighted by Gasteiger charge is -2.15. The topological polar surface area (TPSA) is 55.6 Å². The fourth-order valence-corrected chi connectivity index (χ4v) is 2.36. The Hall–Kier alpha value is -1.46. The van der Waals surface area contributed by atoms with Crippen molar-refractivity contribution in [3.63, 3.8) is 0 Å². The SMILES string of the molecule is COc1ccc(/C=C2\C(=O)SC(N)N2C)cc1. The Balaban J connectivity index is 2.26. The molecule has 2 rings (SSSR count). The molecule has 1 atom stereocenters. The number of carbonyl (C=O) groups is 1. The Morgan fingerprint density at radius 3 is 2.53 bits per heavy atom. The quantitative estimate of drug-likeness (QED) is 0.806. The van der Waals surface area contributed by atoms with Gasteiger partial charge in [0.15, 0.2) is 0 Å². The van der Waals surface area contributed by atoms with Crippen molar-refractivity contribution >= 4 is 23.0 Å². The van der Waals surface area contributed by atoms with Crippen molar-refractivity contribution in [2.45, 2.75) is 5.50 Å². The van der Waals surface area contributed by atoms with E-state index in [9.17, 15) is 4.79 Å². The second kappa shape index (κ2) is 4.81. The number of methoxy groups -OCH3 is 1. The van der Waals surface area contributed by atoms with Gasteiger partial charge in [-0.05, 0) is 35.5 Å². The molecule has 1 heterocycles. The summed E-state index contributed by atoms with van der Waals surface area (Å²) in [7, 11) is 3.44. The van der Waals surface area contributed by atoms with Gasteiger partial charge in [0.1, 0.15) is 11.2 Å². The number of nitrogens with two attached hydrogens (primary N) is 1. The number of hydrogen-bond donors (Lipinski definition) is 1. The lowest BCUT2D eigenvalue weighted by Crippen LogP contribution is -2.29. The van der Waals surface area contributed by atoms with Crippen LogP contribution in [0.5, 0.6) is 5.75 Å². The zero-order valence-electron chi connectivity index (χ0n) is 9.71. The molecule has 0 radical (unpaired) electrons. The zero-order chi connectivity index (χ0) is 12.4. The molecule has 0 aromatic heterocycles. The highest BCUT2D eigenvalue weighted by Crippen LogP contribution is 2.30. The summed E-state index contributed by atoms with van der Waals surface area (Å²) in [6.45, 7) is 0. The maximum absolute atomic E-state index is 11.7. The summed E-state index contributed by atoms with van der Waals surface area (Å²) in [6.07, 6.45) is 1.83. The molecule has 1 unspecified atom stereocenters. The minimum absolute atomic E-state index is 0.0100. The van der Waals surface area contributed by atoms with E-state index in [4.69, 9.17) is 10.5 Å². The van der Waals surface area contributed by atoms with Gasteiger partial charge in [-0.2, -0.15) is 0 Å². The molecule has 90 valence electrons. The van der Waals surface area contributed by atoms with Crippen molar-refractivity contribution in [3.8, 4) is 5.75 Å². The first kappa shape index (κ1) is 12.0. The third kappa shape index (κ3) is 2.45. The number of thioether (sulfide) groups is 1.